The van der Waals surface area contributed by atoms with Crippen molar-refractivity contribution in [1.29, 1.82) is 0 Å². The van der Waals surface area contributed by atoms with E-state index >= 15 is 0 Å². The van der Waals surface area contributed by atoms with Crippen molar-refractivity contribution in [3.8, 4) is 0 Å². The van der Waals surface area contributed by atoms with E-state index < -0.39 is 21.7 Å². The van der Waals surface area contributed by atoms with Crippen LogP contribution in [0.4, 0.5) is 8.78 Å². The second-order valence-corrected chi connectivity index (χ2v) is 8.85. The first-order valence-corrected chi connectivity index (χ1v) is 11.0. The lowest BCUT2D eigenvalue weighted by Crippen LogP contribution is -2.40. The fraction of sp³-hybridized carbons (Fsp3) is 0.611. The zero-order chi connectivity index (χ0) is 20.0. The van der Waals surface area contributed by atoms with Crippen LogP contribution < -0.4 is 10.6 Å². The van der Waals surface area contributed by atoms with Crippen molar-refractivity contribution < 1.29 is 17.2 Å². The van der Waals surface area contributed by atoms with E-state index in [1.807, 2.05) is 13.8 Å². The molecule has 1 fully saturated rings. The Kier molecular flexibility index (Phi) is 10.1. The highest BCUT2D eigenvalue weighted by atomic mass is 127. The van der Waals surface area contributed by atoms with E-state index in [1.54, 1.807) is 6.07 Å². The predicted octanol–water partition coefficient (Wildman–Crippen LogP) is 2.87. The highest BCUT2D eigenvalue weighted by molar-refractivity contribution is 14.0. The van der Waals surface area contributed by atoms with Crippen molar-refractivity contribution in [3.63, 3.8) is 0 Å². The molecule has 1 aliphatic heterocycles. The van der Waals surface area contributed by atoms with Crippen LogP contribution in [0.15, 0.2) is 23.2 Å². The zero-order valence-electron chi connectivity index (χ0n) is 16.4. The van der Waals surface area contributed by atoms with Gasteiger partial charge in [-0.3, -0.25) is 4.99 Å². The van der Waals surface area contributed by atoms with Gasteiger partial charge in [0.2, 0.25) is 10.0 Å². The van der Waals surface area contributed by atoms with Crippen molar-refractivity contribution >= 4 is 40.0 Å². The Hall–Kier alpha value is -1.01. The summed E-state index contributed by atoms with van der Waals surface area (Å²) in [6.45, 7) is 6.09. The smallest absolute Gasteiger partial charge is 0.211 e. The molecule has 1 heterocycles. The molecule has 0 spiro atoms. The molecule has 0 bridgehead atoms. The third kappa shape index (κ3) is 7.43. The number of nitrogens with zero attached hydrogens (tertiary/aromatic N) is 2. The Morgan fingerprint density at radius 2 is 1.93 bits per heavy atom. The number of nitrogens with one attached hydrogen (secondary N) is 2. The first kappa shape index (κ1) is 25.0. The molecule has 1 aromatic carbocycles. The number of aliphatic imine (C=N–C) groups is 1. The van der Waals surface area contributed by atoms with Crippen LogP contribution in [0.2, 0.25) is 0 Å². The molecule has 0 aromatic heterocycles. The summed E-state index contributed by atoms with van der Waals surface area (Å²) < 4.78 is 51.2. The Morgan fingerprint density at radius 1 is 1.29 bits per heavy atom. The van der Waals surface area contributed by atoms with Gasteiger partial charge in [-0.2, -0.15) is 0 Å². The largest absolute Gasteiger partial charge is 0.357 e. The van der Waals surface area contributed by atoms with Crippen molar-refractivity contribution in [1.82, 2.24) is 14.9 Å². The minimum Gasteiger partial charge on any atom is -0.357 e. The standard InChI is InChI=1S/C18H28F2N4O2S.HI/c1-4-21-18(23-13(2)15-5-6-16(19)17(20)11-15)22-12-14-7-9-24(10-8-14)27(3,25)26;/h5-6,11,13-14H,4,7-10,12H2,1-3H3,(H2,21,22,23);1H. The highest BCUT2D eigenvalue weighted by Crippen LogP contribution is 2.20. The zero-order valence-corrected chi connectivity index (χ0v) is 19.6. The van der Waals surface area contributed by atoms with Crippen LogP contribution in [0.3, 0.4) is 0 Å². The van der Waals surface area contributed by atoms with E-state index in [9.17, 15) is 17.2 Å². The quantitative estimate of drug-likeness (QED) is 0.337. The van der Waals surface area contributed by atoms with E-state index in [4.69, 9.17) is 0 Å². The molecule has 2 rings (SSSR count). The van der Waals surface area contributed by atoms with Gasteiger partial charge in [0.05, 0.1) is 12.3 Å². The molecule has 6 nitrogen and oxygen atoms in total. The number of halogens is 3. The Bertz CT molecular complexity index is 769. The summed E-state index contributed by atoms with van der Waals surface area (Å²) in [5.74, 6) is -0.829. The van der Waals surface area contributed by atoms with Gasteiger partial charge in [0.15, 0.2) is 17.6 Å². The summed E-state index contributed by atoms with van der Waals surface area (Å²) in [7, 11) is -3.13. The maximum absolute atomic E-state index is 13.4. The van der Waals surface area contributed by atoms with E-state index in [0.717, 1.165) is 18.9 Å². The van der Waals surface area contributed by atoms with Gasteiger partial charge in [-0.15, -0.1) is 24.0 Å². The van der Waals surface area contributed by atoms with Crippen molar-refractivity contribution in [2.45, 2.75) is 32.7 Å². The summed E-state index contributed by atoms with van der Waals surface area (Å²) >= 11 is 0. The molecule has 1 unspecified atom stereocenters. The van der Waals surface area contributed by atoms with Gasteiger partial charge in [-0.25, -0.2) is 21.5 Å². The molecule has 0 aliphatic carbocycles. The molecule has 0 saturated carbocycles. The van der Waals surface area contributed by atoms with Crippen LogP contribution in [0, 0.1) is 17.6 Å². The molecule has 1 aliphatic rings. The fourth-order valence-corrected chi connectivity index (χ4v) is 3.91. The molecule has 2 N–H and O–H groups in total. The first-order chi connectivity index (χ1) is 12.7. The Labute approximate surface area is 183 Å². The van der Waals surface area contributed by atoms with Gasteiger partial charge in [0.25, 0.3) is 0 Å². The van der Waals surface area contributed by atoms with Gasteiger partial charge in [-0.1, -0.05) is 6.07 Å². The lowest BCUT2D eigenvalue weighted by molar-refractivity contribution is 0.280. The topological polar surface area (TPSA) is 73.8 Å². The molecular weight excluding hydrogens is 501 g/mol. The molecule has 0 radical (unpaired) electrons. The van der Waals surface area contributed by atoms with E-state index in [1.165, 1.54) is 16.6 Å². The fourth-order valence-electron chi connectivity index (χ4n) is 3.03. The lowest BCUT2D eigenvalue weighted by Gasteiger charge is -2.29. The van der Waals surface area contributed by atoms with Crippen LogP contribution in [-0.4, -0.2) is 51.1 Å². The Morgan fingerprint density at radius 3 is 2.46 bits per heavy atom. The number of sulfonamides is 1. The van der Waals surface area contributed by atoms with Crippen LogP contribution in [0.1, 0.15) is 38.3 Å². The molecule has 28 heavy (non-hydrogen) atoms. The Balaban J connectivity index is 0.00000392. The summed E-state index contributed by atoms with van der Waals surface area (Å²) in [6.07, 6.45) is 2.78. The highest BCUT2D eigenvalue weighted by Gasteiger charge is 2.24. The molecule has 1 saturated heterocycles. The third-order valence-electron chi connectivity index (χ3n) is 4.69. The first-order valence-electron chi connectivity index (χ1n) is 9.15. The van der Waals surface area contributed by atoms with Crippen LogP contribution in [-0.2, 0) is 10.0 Å². The number of hydrogen-bond acceptors (Lipinski definition) is 3. The van der Waals surface area contributed by atoms with Crippen molar-refractivity contribution in [2.24, 2.45) is 10.9 Å². The van der Waals surface area contributed by atoms with E-state index in [0.29, 0.717) is 43.6 Å². The summed E-state index contributed by atoms with van der Waals surface area (Å²) in [5, 5.41) is 6.34. The molecule has 10 heteroatoms. The number of benzene rings is 1. The minimum atomic E-state index is -3.13. The second-order valence-electron chi connectivity index (χ2n) is 6.86. The van der Waals surface area contributed by atoms with Crippen molar-refractivity contribution in [2.75, 3.05) is 32.4 Å². The van der Waals surface area contributed by atoms with Crippen molar-refractivity contribution in [3.05, 3.63) is 35.4 Å². The minimum absolute atomic E-state index is 0. The number of piperidine rings is 1. The maximum Gasteiger partial charge on any atom is 0.211 e. The van der Waals surface area contributed by atoms with Gasteiger partial charge in [0.1, 0.15) is 0 Å². The van der Waals surface area contributed by atoms with Crippen LogP contribution in [0.5, 0.6) is 0 Å². The van der Waals surface area contributed by atoms with E-state index in [-0.39, 0.29) is 30.0 Å². The van der Waals surface area contributed by atoms with Crippen LogP contribution in [0.25, 0.3) is 0 Å². The third-order valence-corrected chi connectivity index (χ3v) is 5.99. The average molecular weight is 530 g/mol. The number of guanidine groups is 1. The SMILES string of the molecule is CCNC(=NCC1CCN(S(C)(=O)=O)CC1)NC(C)c1ccc(F)c(F)c1.I. The summed E-state index contributed by atoms with van der Waals surface area (Å²) in [4.78, 5) is 4.59. The van der Waals surface area contributed by atoms with Gasteiger partial charge in [0, 0.05) is 26.2 Å². The normalized spacial score (nSPS) is 17.7. The lowest BCUT2D eigenvalue weighted by atomic mass is 9.98. The molecule has 0 amide bonds. The molecule has 1 aromatic rings. The van der Waals surface area contributed by atoms with Gasteiger partial charge >= 0.3 is 0 Å². The van der Waals surface area contributed by atoms with E-state index in [2.05, 4.69) is 15.6 Å². The second kappa shape index (κ2) is 11.2. The number of rotatable bonds is 6. The summed E-state index contributed by atoms with van der Waals surface area (Å²) in [5.41, 5.74) is 0.626. The predicted molar refractivity (Wildman–Crippen MR) is 118 cm³/mol. The number of hydrogen-bond donors (Lipinski definition) is 2. The molecular formula is C18H29F2IN4O2S. The summed E-state index contributed by atoms with van der Waals surface area (Å²) in [6, 6.07) is 3.59. The van der Waals surface area contributed by atoms with Gasteiger partial charge < -0.3 is 10.6 Å². The monoisotopic (exact) mass is 530 g/mol. The van der Waals surface area contributed by atoms with Gasteiger partial charge in [-0.05, 0) is 50.3 Å². The average Bonchev–Trinajstić information content (AvgIpc) is 2.61. The molecule has 160 valence electrons. The maximum atomic E-state index is 13.4. The van der Waals surface area contributed by atoms with Crippen LogP contribution >= 0.6 is 24.0 Å². The molecule has 1 atom stereocenters.